The summed E-state index contributed by atoms with van der Waals surface area (Å²) in [7, 11) is 0. The van der Waals surface area contributed by atoms with E-state index in [1.165, 1.54) is 45.6 Å². The molecule has 0 saturated carbocycles. The fraction of sp³-hybridized carbons (Fsp3) is 0.0526. The molecule has 48 heavy (non-hydrogen) atoms. The third-order valence-corrected chi connectivity index (χ3v) is 9.20. The molecular weight excluding hydrogens is 628 g/mol. The van der Waals surface area contributed by atoms with E-state index in [1.807, 2.05) is 37.3 Å². The number of carbonyl (C=O) groups excluding carboxylic acids is 2. The molecule has 0 radical (unpaired) electrons. The van der Waals surface area contributed by atoms with Gasteiger partial charge in [0.2, 0.25) is 0 Å². The zero-order valence-electron chi connectivity index (χ0n) is 25.5. The van der Waals surface area contributed by atoms with E-state index in [2.05, 4.69) is 5.43 Å². The van der Waals surface area contributed by atoms with Gasteiger partial charge >= 0.3 is 0 Å². The Balaban J connectivity index is 1.21. The number of phenols is 1. The minimum absolute atomic E-state index is 0.0970. The molecule has 7 rings (SSSR count). The second kappa shape index (κ2) is 12.7. The number of phenolic OH excluding ortho intramolecular Hbond substituents is 1. The van der Waals surface area contributed by atoms with Crippen molar-refractivity contribution in [3.05, 3.63) is 165 Å². The first-order valence-electron chi connectivity index (χ1n) is 15.0. The topological polar surface area (TPSA) is 105 Å². The van der Waals surface area contributed by atoms with Crippen molar-refractivity contribution in [3.8, 4) is 22.8 Å². The molecule has 1 atom stereocenters. The fourth-order valence-electron chi connectivity index (χ4n) is 5.42. The molecule has 1 aliphatic heterocycles. The molecule has 0 spiro atoms. The molecule has 8 nitrogen and oxygen atoms in total. The zero-order chi connectivity index (χ0) is 33.4. The van der Waals surface area contributed by atoms with Gasteiger partial charge in [-0.3, -0.25) is 24.4 Å². The van der Waals surface area contributed by atoms with Gasteiger partial charge in [0.15, 0.2) is 0 Å². The number of hydrogen-bond donors (Lipinski definition) is 2. The van der Waals surface area contributed by atoms with Crippen LogP contribution in [0.25, 0.3) is 34.1 Å². The Bertz CT molecular complexity index is 2270. The summed E-state index contributed by atoms with van der Waals surface area (Å²) in [6, 6.07) is 33.5. The lowest BCUT2D eigenvalue weighted by Gasteiger charge is -2.24. The number of hydrazine groups is 1. The molecule has 2 heterocycles. The minimum atomic E-state index is -0.663. The Morgan fingerprint density at radius 3 is 2.27 bits per heavy atom. The maximum atomic E-state index is 13.8. The Morgan fingerprint density at radius 1 is 0.875 bits per heavy atom. The third kappa shape index (κ3) is 5.96. The number of fused-ring (bicyclic) bond motifs is 1. The first-order chi connectivity index (χ1) is 23.2. The molecule has 1 unspecified atom stereocenters. The van der Waals surface area contributed by atoms with Crippen molar-refractivity contribution in [2.75, 3.05) is 0 Å². The highest BCUT2D eigenvalue weighted by Crippen LogP contribution is 2.45. The van der Waals surface area contributed by atoms with Crippen molar-refractivity contribution in [3.63, 3.8) is 0 Å². The number of aromatic hydroxyl groups is 1. The molecule has 0 bridgehead atoms. The van der Waals surface area contributed by atoms with E-state index in [0.29, 0.717) is 38.4 Å². The lowest BCUT2D eigenvalue weighted by atomic mass is 10.1. The van der Waals surface area contributed by atoms with E-state index in [1.54, 1.807) is 72.8 Å². The van der Waals surface area contributed by atoms with Crippen molar-refractivity contribution in [2.24, 2.45) is 0 Å². The summed E-state index contributed by atoms with van der Waals surface area (Å²) < 4.78 is 15.3. The normalized spacial score (nSPS) is 15.3. The first kappa shape index (κ1) is 30.6. The smallest absolute Gasteiger partial charge is 0.280 e. The van der Waals surface area contributed by atoms with Crippen molar-refractivity contribution < 1.29 is 19.1 Å². The van der Waals surface area contributed by atoms with Gasteiger partial charge in [0.25, 0.3) is 17.4 Å². The highest BCUT2D eigenvalue weighted by atomic mass is 32.2. The monoisotopic (exact) mass is 654 g/mol. The summed E-state index contributed by atoms with van der Waals surface area (Å²) in [5.41, 5.74) is 6.98. The van der Waals surface area contributed by atoms with E-state index < -0.39 is 23.0 Å². The predicted octanol–water partition coefficient (Wildman–Crippen LogP) is 7.17. The highest BCUT2D eigenvalue weighted by molar-refractivity contribution is 8.04. The first-order valence-corrected chi connectivity index (χ1v) is 15.9. The van der Waals surface area contributed by atoms with E-state index >= 15 is 0 Å². The van der Waals surface area contributed by atoms with Crippen LogP contribution < -0.4 is 11.0 Å². The summed E-state index contributed by atoms with van der Waals surface area (Å²) in [6.07, 6.45) is 1.67. The number of aryl methyl sites for hydroxylation is 1. The molecule has 1 aliphatic rings. The molecule has 1 saturated heterocycles. The van der Waals surface area contributed by atoms with Crippen molar-refractivity contribution in [1.29, 1.82) is 0 Å². The number of aromatic nitrogens is 2. The average Bonchev–Trinajstić information content (AvgIpc) is 3.40. The Kier molecular flexibility index (Phi) is 8.08. The van der Waals surface area contributed by atoms with Crippen LogP contribution in [-0.4, -0.2) is 31.5 Å². The van der Waals surface area contributed by atoms with E-state index in [0.717, 1.165) is 11.1 Å². The van der Waals surface area contributed by atoms with Crippen molar-refractivity contribution in [2.45, 2.75) is 12.3 Å². The van der Waals surface area contributed by atoms with Crippen LogP contribution in [0.5, 0.6) is 5.75 Å². The number of thioether (sulfide) groups is 1. The molecule has 6 aromatic rings. The number of nitrogens with zero attached hydrogens (tertiary/aromatic N) is 3. The number of halogens is 1. The average molecular weight is 655 g/mol. The second-order valence-corrected chi connectivity index (χ2v) is 12.4. The van der Waals surface area contributed by atoms with Crippen LogP contribution in [0.4, 0.5) is 4.39 Å². The highest BCUT2D eigenvalue weighted by Gasteiger charge is 2.38. The summed E-state index contributed by atoms with van der Waals surface area (Å²) in [6.45, 7) is 1.98. The predicted molar refractivity (Wildman–Crippen MR) is 185 cm³/mol. The van der Waals surface area contributed by atoms with Crippen molar-refractivity contribution >= 4 is 40.6 Å². The van der Waals surface area contributed by atoms with Gasteiger partial charge in [0.05, 0.1) is 21.5 Å². The van der Waals surface area contributed by atoms with Crippen LogP contribution in [0.1, 0.15) is 32.4 Å². The Labute approximate surface area is 278 Å². The SMILES string of the molecule is Cc1ccc(-c2nc3ccccc3c(=O)n2-c2ccc(C(=O)NN3C(=O)/C(=C\c4ccc(O)cc4)SC3c3ccc(F)cc3)cc2)cc1. The number of amides is 2. The number of nitrogens with one attached hydrogen (secondary N) is 1. The number of benzene rings is 5. The molecule has 2 N–H and O–H groups in total. The fourth-order valence-corrected chi connectivity index (χ4v) is 6.62. The zero-order valence-corrected chi connectivity index (χ0v) is 26.3. The van der Waals surface area contributed by atoms with E-state index in [-0.39, 0.29) is 16.9 Å². The quantitative estimate of drug-likeness (QED) is 0.185. The lowest BCUT2D eigenvalue weighted by Crippen LogP contribution is -2.44. The lowest BCUT2D eigenvalue weighted by molar-refractivity contribution is -0.128. The molecule has 2 amide bonds. The standard InChI is InChI=1S/C38H27FN4O4S/c1-23-6-10-25(11-7-23)34-40-32-5-3-2-4-31(32)36(46)42(34)29-18-14-26(15-19-29)35(45)41-43-37(47)33(22-24-8-20-30(44)21-9-24)48-38(43)27-12-16-28(39)17-13-27/h2-22,38,44H,1H3,(H,41,45)/b33-22+. The van der Waals surface area contributed by atoms with Crippen molar-refractivity contribution in [1.82, 2.24) is 20.0 Å². The van der Waals surface area contributed by atoms with Crippen LogP contribution in [0.15, 0.2) is 131 Å². The number of rotatable bonds is 6. The molecular formula is C38H27FN4O4S. The van der Waals surface area contributed by atoms with Crippen LogP contribution in [-0.2, 0) is 4.79 Å². The molecule has 0 aliphatic carbocycles. The van der Waals surface area contributed by atoms with Crippen LogP contribution >= 0.6 is 11.8 Å². The number of carbonyl (C=O) groups is 2. The largest absolute Gasteiger partial charge is 0.508 e. The van der Waals surface area contributed by atoms with Gasteiger partial charge in [-0.05, 0) is 84.8 Å². The van der Waals surface area contributed by atoms with Gasteiger partial charge in [-0.1, -0.05) is 78.0 Å². The van der Waals surface area contributed by atoms with Gasteiger partial charge in [-0.2, -0.15) is 0 Å². The second-order valence-electron chi connectivity index (χ2n) is 11.2. The summed E-state index contributed by atoms with van der Waals surface area (Å²) >= 11 is 1.22. The molecule has 236 valence electrons. The van der Waals surface area contributed by atoms with Crippen LogP contribution in [0.3, 0.4) is 0 Å². The van der Waals surface area contributed by atoms with Gasteiger partial charge in [0, 0.05) is 11.1 Å². The van der Waals surface area contributed by atoms with Gasteiger partial charge < -0.3 is 5.11 Å². The van der Waals surface area contributed by atoms with Gasteiger partial charge in [0.1, 0.15) is 22.8 Å². The summed E-state index contributed by atoms with van der Waals surface area (Å²) in [5, 5.41) is 10.7. The minimum Gasteiger partial charge on any atom is -0.508 e. The maximum absolute atomic E-state index is 13.8. The molecule has 5 aromatic carbocycles. The Hall–Kier alpha value is -6.00. The molecule has 10 heteroatoms. The Morgan fingerprint density at radius 2 is 1.56 bits per heavy atom. The number of hydrogen-bond acceptors (Lipinski definition) is 6. The third-order valence-electron chi connectivity index (χ3n) is 7.94. The van der Waals surface area contributed by atoms with E-state index in [9.17, 15) is 23.9 Å². The van der Waals surface area contributed by atoms with Crippen LogP contribution in [0.2, 0.25) is 0 Å². The number of para-hydroxylation sites is 1. The molecule has 1 fully saturated rings. The molecule has 1 aromatic heterocycles. The van der Waals surface area contributed by atoms with Gasteiger partial charge in [-0.15, -0.1) is 0 Å². The van der Waals surface area contributed by atoms with Crippen LogP contribution in [0, 0.1) is 12.7 Å². The maximum Gasteiger partial charge on any atom is 0.280 e. The van der Waals surface area contributed by atoms with Gasteiger partial charge in [-0.25, -0.2) is 14.4 Å². The van der Waals surface area contributed by atoms with E-state index in [4.69, 9.17) is 4.98 Å². The summed E-state index contributed by atoms with van der Waals surface area (Å²) in [4.78, 5) is 46.2. The summed E-state index contributed by atoms with van der Waals surface area (Å²) in [5.74, 6) is -0.847.